The summed E-state index contributed by atoms with van der Waals surface area (Å²) >= 11 is 0. The van der Waals surface area contributed by atoms with Crippen molar-refractivity contribution in [3.8, 4) is 0 Å². The Kier molecular flexibility index (Phi) is 5.91. The Morgan fingerprint density at radius 1 is 1.18 bits per heavy atom. The number of aliphatic hydroxyl groups is 5. The van der Waals surface area contributed by atoms with Crippen molar-refractivity contribution in [2.24, 2.45) is 5.14 Å². The van der Waals surface area contributed by atoms with Gasteiger partial charge in [0.1, 0.15) is 18.3 Å². The zero-order chi connectivity index (χ0) is 13.8. The molecule has 0 saturated heterocycles. The summed E-state index contributed by atoms with van der Waals surface area (Å²) < 4.78 is 24.2. The molecule has 17 heavy (non-hydrogen) atoms. The minimum absolute atomic E-state index is 0.949. The number of carbonyl (C=O) groups excluding carboxylic acids is 1. The minimum atomic E-state index is -4.67. The maximum Gasteiger partial charge on any atom is 0.382 e. The molecule has 0 aromatic heterocycles. The van der Waals surface area contributed by atoms with Gasteiger partial charge in [-0.3, -0.25) is 0 Å². The average molecular weight is 275 g/mol. The molecule has 0 bridgehead atoms. The molecule has 11 heteroatoms. The summed E-state index contributed by atoms with van der Waals surface area (Å²) in [7, 11) is -4.67. The van der Waals surface area contributed by atoms with Crippen LogP contribution in [-0.2, 0) is 19.3 Å². The third kappa shape index (κ3) is 5.36. The predicted molar refractivity (Wildman–Crippen MR) is 50.3 cm³/mol. The van der Waals surface area contributed by atoms with Crippen LogP contribution in [0.4, 0.5) is 0 Å². The first-order valence-electron chi connectivity index (χ1n) is 4.19. The Labute approximate surface area is 96.1 Å². The lowest BCUT2D eigenvalue weighted by Gasteiger charge is -2.23. The van der Waals surface area contributed by atoms with Gasteiger partial charge in [0.05, 0.1) is 6.61 Å². The van der Waals surface area contributed by atoms with Gasteiger partial charge in [0.2, 0.25) is 0 Å². The van der Waals surface area contributed by atoms with Crippen molar-refractivity contribution in [3.05, 3.63) is 0 Å². The van der Waals surface area contributed by atoms with Crippen molar-refractivity contribution in [2.75, 3.05) is 6.61 Å². The van der Waals surface area contributed by atoms with Crippen LogP contribution in [0.3, 0.4) is 0 Å². The van der Waals surface area contributed by atoms with E-state index in [1.54, 1.807) is 0 Å². The summed E-state index contributed by atoms with van der Waals surface area (Å²) in [6.07, 6.45) is -8.62. The molecule has 0 aliphatic rings. The van der Waals surface area contributed by atoms with Crippen molar-refractivity contribution in [1.82, 2.24) is 0 Å². The van der Waals surface area contributed by atoms with Gasteiger partial charge in [-0.15, -0.1) is 0 Å². The van der Waals surface area contributed by atoms with Crippen LogP contribution in [0.15, 0.2) is 0 Å². The van der Waals surface area contributed by atoms with Gasteiger partial charge in [0, 0.05) is 0 Å². The first-order chi connectivity index (χ1) is 7.60. The van der Waals surface area contributed by atoms with E-state index >= 15 is 0 Å². The van der Waals surface area contributed by atoms with Crippen LogP contribution in [0.5, 0.6) is 0 Å². The molecule has 0 unspecified atom stereocenters. The maximum absolute atomic E-state index is 10.9. The van der Waals surface area contributed by atoms with Gasteiger partial charge in [0.25, 0.3) is 0 Å². The molecule has 0 saturated carbocycles. The van der Waals surface area contributed by atoms with Gasteiger partial charge < -0.3 is 29.7 Å². The van der Waals surface area contributed by atoms with Gasteiger partial charge in [-0.25, -0.2) is 4.79 Å². The SMILES string of the molecule is NS(=O)(=O)OC(=O)[C@H](O)[C@@H](O)[C@H](O)[C@H](O)CO. The van der Waals surface area contributed by atoms with Crippen molar-refractivity contribution in [2.45, 2.75) is 24.4 Å². The molecule has 0 aromatic carbocycles. The molecule has 7 N–H and O–H groups in total. The lowest BCUT2D eigenvalue weighted by Crippen LogP contribution is -2.49. The van der Waals surface area contributed by atoms with E-state index in [2.05, 4.69) is 9.32 Å². The second-order valence-electron chi connectivity index (χ2n) is 3.07. The number of rotatable bonds is 6. The van der Waals surface area contributed by atoms with E-state index < -0.39 is 47.3 Å². The highest BCUT2D eigenvalue weighted by Gasteiger charge is 2.36. The third-order valence-electron chi connectivity index (χ3n) is 1.69. The number of carbonyl (C=O) groups is 1. The molecule has 0 spiro atoms. The van der Waals surface area contributed by atoms with Gasteiger partial charge in [-0.05, 0) is 0 Å². The first kappa shape index (κ1) is 16.2. The standard InChI is InChI=1S/C6H13NO9S/c7-17(14,15)16-6(13)5(12)4(11)3(10)2(9)1-8/h2-5,8-12H,1H2,(H2,7,14,15)/t2-,3-,4+,5-/m1/s1. The highest BCUT2D eigenvalue weighted by atomic mass is 32.2. The van der Waals surface area contributed by atoms with Crippen LogP contribution in [0.2, 0.25) is 0 Å². The normalized spacial score (nSPS) is 19.2. The van der Waals surface area contributed by atoms with Crippen LogP contribution in [0.1, 0.15) is 0 Å². The summed E-state index contributed by atoms with van der Waals surface area (Å²) in [4.78, 5) is 10.9. The van der Waals surface area contributed by atoms with Crippen LogP contribution in [0, 0.1) is 0 Å². The molecule has 102 valence electrons. The van der Waals surface area contributed by atoms with Crippen molar-refractivity contribution >= 4 is 16.3 Å². The van der Waals surface area contributed by atoms with Gasteiger partial charge in [-0.2, -0.15) is 13.6 Å². The third-order valence-corrected chi connectivity index (χ3v) is 2.09. The Bertz CT molecular complexity index is 354. The largest absolute Gasteiger partial charge is 0.394 e. The van der Waals surface area contributed by atoms with Crippen LogP contribution in [0.25, 0.3) is 0 Å². The molecule has 0 heterocycles. The summed E-state index contributed by atoms with van der Waals surface area (Å²) in [5.41, 5.74) is 0. The summed E-state index contributed by atoms with van der Waals surface area (Å²) in [5.74, 6) is -1.83. The average Bonchev–Trinajstić information content (AvgIpc) is 2.22. The van der Waals surface area contributed by atoms with Gasteiger partial charge in [0.15, 0.2) is 6.10 Å². The zero-order valence-electron chi connectivity index (χ0n) is 8.37. The second-order valence-corrected chi connectivity index (χ2v) is 4.22. The van der Waals surface area contributed by atoms with Crippen LogP contribution >= 0.6 is 0 Å². The lowest BCUT2D eigenvalue weighted by atomic mass is 10.0. The lowest BCUT2D eigenvalue weighted by molar-refractivity contribution is -0.161. The number of hydrogen-bond acceptors (Lipinski definition) is 9. The summed E-state index contributed by atoms with van der Waals surface area (Å²) in [5, 5.41) is 49.0. The van der Waals surface area contributed by atoms with E-state index in [4.69, 9.17) is 25.5 Å². The van der Waals surface area contributed by atoms with E-state index in [1.165, 1.54) is 0 Å². The molecule has 0 rings (SSSR count). The highest BCUT2D eigenvalue weighted by molar-refractivity contribution is 7.84. The van der Waals surface area contributed by atoms with E-state index in [0.717, 1.165) is 0 Å². The Morgan fingerprint density at radius 3 is 2.00 bits per heavy atom. The second kappa shape index (κ2) is 6.20. The van der Waals surface area contributed by atoms with E-state index in [0.29, 0.717) is 0 Å². The highest BCUT2D eigenvalue weighted by Crippen LogP contribution is 2.07. The smallest absolute Gasteiger partial charge is 0.382 e. The van der Waals surface area contributed by atoms with E-state index in [1.807, 2.05) is 0 Å². The number of hydrogen-bond donors (Lipinski definition) is 6. The zero-order valence-corrected chi connectivity index (χ0v) is 9.19. The maximum atomic E-state index is 10.9. The van der Waals surface area contributed by atoms with Crippen molar-refractivity contribution in [3.63, 3.8) is 0 Å². The fourth-order valence-electron chi connectivity index (χ4n) is 0.826. The van der Waals surface area contributed by atoms with E-state index in [9.17, 15) is 13.2 Å². The molecule has 0 fully saturated rings. The van der Waals surface area contributed by atoms with Gasteiger partial charge in [-0.1, -0.05) is 0 Å². The molecular formula is C6H13NO9S. The van der Waals surface area contributed by atoms with Crippen LogP contribution < -0.4 is 5.14 Å². The molecule has 10 nitrogen and oxygen atoms in total. The Hall–Kier alpha value is -0.820. The molecule has 0 aromatic rings. The molecular weight excluding hydrogens is 262 g/mol. The minimum Gasteiger partial charge on any atom is -0.394 e. The molecule has 0 aliphatic carbocycles. The first-order valence-corrected chi connectivity index (χ1v) is 5.66. The topological polar surface area (TPSA) is 188 Å². The predicted octanol–water partition coefficient (Wildman–Crippen LogP) is -4.83. The molecule has 0 amide bonds. The van der Waals surface area contributed by atoms with Gasteiger partial charge >= 0.3 is 16.3 Å². The number of nitrogens with two attached hydrogens (primary N) is 1. The van der Waals surface area contributed by atoms with E-state index in [-0.39, 0.29) is 0 Å². The number of aliphatic hydroxyl groups excluding tert-OH is 5. The summed E-state index contributed by atoms with van der Waals surface area (Å²) in [6, 6.07) is 0. The fraction of sp³-hybridized carbons (Fsp3) is 0.833. The summed E-state index contributed by atoms with van der Waals surface area (Å²) in [6.45, 7) is -0.949. The fourth-order valence-corrected chi connectivity index (χ4v) is 1.15. The van der Waals surface area contributed by atoms with Crippen molar-refractivity contribution < 1.29 is 42.9 Å². The monoisotopic (exact) mass is 275 g/mol. The molecule has 0 radical (unpaired) electrons. The quantitative estimate of drug-likeness (QED) is 0.276. The Morgan fingerprint density at radius 2 is 1.65 bits per heavy atom. The van der Waals surface area contributed by atoms with Crippen molar-refractivity contribution in [1.29, 1.82) is 0 Å². The molecule has 0 aliphatic heterocycles. The van der Waals surface area contributed by atoms with Crippen LogP contribution in [-0.4, -0.2) is 70.9 Å². The Balaban J connectivity index is 4.59. The molecule has 4 atom stereocenters.